The summed E-state index contributed by atoms with van der Waals surface area (Å²) < 4.78 is 32.9. The first-order valence-electron chi connectivity index (χ1n) is 7.80. The van der Waals surface area contributed by atoms with Gasteiger partial charge in [0.05, 0.1) is 17.6 Å². The third-order valence-electron chi connectivity index (χ3n) is 4.42. The lowest BCUT2D eigenvalue weighted by Gasteiger charge is -2.31. The van der Waals surface area contributed by atoms with Crippen LogP contribution in [0.25, 0.3) is 0 Å². The van der Waals surface area contributed by atoms with Gasteiger partial charge >= 0.3 is 5.97 Å². The Balaban J connectivity index is 0.00000288. The van der Waals surface area contributed by atoms with Crippen molar-refractivity contribution in [2.75, 3.05) is 13.7 Å². The summed E-state index contributed by atoms with van der Waals surface area (Å²) in [7, 11) is -2.44. The van der Waals surface area contributed by atoms with Crippen LogP contribution in [0.3, 0.4) is 0 Å². The number of hydrogen-bond acceptors (Lipinski definition) is 5. The molecule has 0 aliphatic heterocycles. The third-order valence-corrected chi connectivity index (χ3v) is 6.05. The zero-order valence-electron chi connectivity index (χ0n) is 13.9. The average molecular weight is 377 g/mol. The lowest BCUT2D eigenvalue weighted by Crippen LogP contribution is -2.44. The number of benzene rings is 1. The molecule has 1 aromatic carbocycles. The predicted molar refractivity (Wildman–Crippen MR) is 94.9 cm³/mol. The second kappa shape index (κ2) is 8.80. The quantitative estimate of drug-likeness (QED) is 0.766. The number of carbonyl (C=O) groups excluding carboxylic acids is 1. The second-order valence-corrected chi connectivity index (χ2v) is 7.66. The molecule has 0 radical (unpaired) electrons. The number of aryl methyl sites for hydroxylation is 1. The number of esters is 1. The van der Waals surface area contributed by atoms with E-state index in [-0.39, 0.29) is 34.8 Å². The number of nitrogens with one attached hydrogen (secondary N) is 1. The van der Waals surface area contributed by atoms with Crippen molar-refractivity contribution in [1.82, 2.24) is 4.72 Å². The summed E-state index contributed by atoms with van der Waals surface area (Å²) in [4.78, 5) is 11.8. The number of rotatable bonds is 5. The van der Waals surface area contributed by atoms with Crippen LogP contribution in [0.5, 0.6) is 0 Å². The lowest BCUT2D eigenvalue weighted by molar-refractivity contribution is 0.0600. The summed E-state index contributed by atoms with van der Waals surface area (Å²) in [5.41, 5.74) is 6.58. The summed E-state index contributed by atoms with van der Waals surface area (Å²) in [6.07, 6.45) is 3.80. The van der Waals surface area contributed by atoms with E-state index < -0.39 is 16.0 Å². The first-order chi connectivity index (χ1) is 10.9. The highest BCUT2D eigenvalue weighted by Crippen LogP contribution is 2.26. The van der Waals surface area contributed by atoms with Crippen LogP contribution in [0.1, 0.15) is 41.6 Å². The minimum Gasteiger partial charge on any atom is -0.465 e. The summed E-state index contributed by atoms with van der Waals surface area (Å²) in [6, 6.07) is 4.38. The van der Waals surface area contributed by atoms with Crippen molar-refractivity contribution < 1.29 is 17.9 Å². The van der Waals surface area contributed by atoms with Gasteiger partial charge in [0.25, 0.3) is 0 Å². The molecular weight excluding hydrogens is 352 g/mol. The molecule has 0 spiro atoms. The highest BCUT2D eigenvalue weighted by Gasteiger charge is 2.29. The van der Waals surface area contributed by atoms with E-state index >= 15 is 0 Å². The molecule has 6 nitrogen and oxygen atoms in total. The minimum absolute atomic E-state index is 0. The maximum atomic E-state index is 12.7. The normalized spacial score (nSPS) is 21.0. The molecule has 3 N–H and O–H groups in total. The van der Waals surface area contributed by atoms with Crippen LogP contribution in [-0.2, 0) is 14.8 Å². The van der Waals surface area contributed by atoms with E-state index in [1.54, 1.807) is 19.1 Å². The van der Waals surface area contributed by atoms with E-state index in [4.69, 9.17) is 5.73 Å². The van der Waals surface area contributed by atoms with Crippen molar-refractivity contribution in [3.63, 3.8) is 0 Å². The number of methoxy groups -OCH3 is 1. The number of hydrogen-bond donors (Lipinski definition) is 2. The topological polar surface area (TPSA) is 98.5 Å². The van der Waals surface area contributed by atoms with Gasteiger partial charge in [-0.1, -0.05) is 18.9 Å². The molecule has 1 saturated carbocycles. The average Bonchev–Trinajstić information content (AvgIpc) is 2.54. The van der Waals surface area contributed by atoms with Gasteiger partial charge in [-0.2, -0.15) is 0 Å². The molecule has 1 aromatic rings. The van der Waals surface area contributed by atoms with Gasteiger partial charge in [-0.25, -0.2) is 17.9 Å². The Labute approximate surface area is 149 Å². The monoisotopic (exact) mass is 376 g/mol. The Morgan fingerprint density at radius 3 is 2.62 bits per heavy atom. The summed E-state index contributed by atoms with van der Waals surface area (Å²) in [5, 5.41) is 0. The minimum atomic E-state index is -3.71. The summed E-state index contributed by atoms with van der Waals surface area (Å²) in [6.45, 7) is 2.17. The van der Waals surface area contributed by atoms with Gasteiger partial charge < -0.3 is 10.5 Å². The van der Waals surface area contributed by atoms with Gasteiger partial charge in [-0.15, -0.1) is 12.4 Å². The highest BCUT2D eigenvalue weighted by atomic mass is 35.5. The predicted octanol–water partition coefficient (Wildman–Crippen LogP) is 2.00. The van der Waals surface area contributed by atoms with Crippen LogP contribution in [0, 0.1) is 12.8 Å². The van der Waals surface area contributed by atoms with E-state index in [2.05, 4.69) is 9.46 Å². The zero-order chi connectivity index (χ0) is 17.0. The largest absolute Gasteiger partial charge is 0.465 e. The van der Waals surface area contributed by atoms with Crippen LogP contribution in [0.15, 0.2) is 23.1 Å². The number of carbonyl (C=O) groups is 1. The van der Waals surface area contributed by atoms with Gasteiger partial charge in [0.15, 0.2) is 0 Å². The number of ether oxygens (including phenoxy) is 1. The van der Waals surface area contributed by atoms with Crippen molar-refractivity contribution in [2.45, 2.75) is 43.5 Å². The van der Waals surface area contributed by atoms with Crippen molar-refractivity contribution in [3.8, 4) is 0 Å². The first-order valence-corrected chi connectivity index (χ1v) is 9.28. The number of halogens is 1. The molecule has 1 aliphatic rings. The lowest BCUT2D eigenvalue weighted by atomic mass is 9.85. The van der Waals surface area contributed by atoms with Crippen LogP contribution in [-0.4, -0.2) is 34.1 Å². The van der Waals surface area contributed by atoms with Gasteiger partial charge in [-0.3, -0.25) is 0 Å². The van der Waals surface area contributed by atoms with Crippen LogP contribution >= 0.6 is 12.4 Å². The zero-order valence-corrected chi connectivity index (χ0v) is 15.6. The fourth-order valence-electron chi connectivity index (χ4n) is 3.04. The molecule has 0 amide bonds. The molecule has 136 valence electrons. The molecule has 2 rings (SSSR count). The maximum Gasteiger partial charge on any atom is 0.337 e. The van der Waals surface area contributed by atoms with Crippen LogP contribution in [0.4, 0.5) is 0 Å². The van der Waals surface area contributed by atoms with Gasteiger partial charge in [0, 0.05) is 6.04 Å². The second-order valence-electron chi connectivity index (χ2n) is 5.98. The van der Waals surface area contributed by atoms with E-state index in [0.717, 1.165) is 25.7 Å². The third kappa shape index (κ3) is 4.69. The Kier molecular flexibility index (Phi) is 7.66. The van der Waals surface area contributed by atoms with E-state index in [9.17, 15) is 13.2 Å². The van der Waals surface area contributed by atoms with Crippen LogP contribution in [0.2, 0.25) is 0 Å². The van der Waals surface area contributed by atoms with Crippen molar-refractivity contribution in [3.05, 3.63) is 29.3 Å². The van der Waals surface area contributed by atoms with Crippen molar-refractivity contribution >= 4 is 28.4 Å². The SMILES string of the molecule is COC(=O)c1ccc(C)c(S(=O)(=O)NC2CCCCC2CN)c1.Cl. The van der Waals surface area contributed by atoms with Gasteiger partial charge in [0.1, 0.15) is 0 Å². The Bertz CT molecular complexity index is 679. The fourth-order valence-corrected chi connectivity index (χ4v) is 4.65. The summed E-state index contributed by atoms with van der Waals surface area (Å²) in [5.74, 6) is -0.401. The molecule has 2 unspecified atom stereocenters. The van der Waals surface area contributed by atoms with Crippen molar-refractivity contribution in [1.29, 1.82) is 0 Å². The molecule has 2 atom stereocenters. The molecule has 0 bridgehead atoms. The number of nitrogens with two attached hydrogens (primary N) is 1. The van der Waals surface area contributed by atoms with E-state index in [0.29, 0.717) is 12.1 Å². The molecule has 0 heterocycles. The fraction of sp³-hybridized carbons (Fsp3) is 0.562. The summed E-state index contributed by atoms with van der Waals surface area (Å²) >= 11 is 0. The molecular formula is C16H25ClN2O4S. The molecule has 8 heteroatoms. The van der Waals surface area contributed by atoms with Crippen LogP contribution < -0.4 is 10.5 Å². The molecule has 1 fully saturated rings. The molecule has 0 saturated heterocycles. The van der Waals surface area contributed by atoms with E-state index in [1.807, 2.05) is 0 Å². The van der Waals surface area contributed by atoms with Crippen molar-refractivity contribution in [2.24, 2.45) is 11.7 Å². The molecule has 0 aromatic heterocycles. The first kappa shape index (κ1) is 20.9. The highest BCUT2D eigenvalue weighted by molar-refractivity contribution is 7.89. The van der Waals surface area contributed by atoms with Gasteiger partial charge in [0.2, 0.25) is 10.0 Å². The van der Waals surface area contributed by atoms with E-state index in [1.165, 1.54) is 13.2 Å². The Morgan fingerprint density at radius 1 is 1.33 bits per heavy atom. The molecule has 1 aliphatic carbocycles. The number of sulfonamides is 1. The Morgan fingerprint density at radius 2 is 2.00 bits per heavy atom. The Hall–Kier alpha value is -1.15. The standard InChI is InChI=1S/C16H24N2O4S.ClH/c1-11-7-8-12(16(19)22-2)9-15(11)23(20,21)18-14-6-4-3-5-13(14)10-17;/h7-9,13-14,18H,3-6,10,17H2,1-2H3;1H. The molecule has 24 heavy (non-hydrogen) atoms. The maximum absolute atomic E-state index is 12.7. The smallest absolute Gasteiger partial charge is 0.337 e. The van der Waals surface area contributed by atoms with Gasteiger partial charge in [-0.05, 0) is 49.9 Å².